The second-order valence-corrected chi connectivity index (χ2v) is 9.37. The minimum atomic E-state index is -0.152. The molecule has 6 heteroatoms. The van der Waals surface area contributed by atoms with Gasteiger partial charge in [-0.1, -0.05) is 51.8 Å². The van der Waals surface area contributed by atoms with Crippen molar-refractivity contribution in [2.24, 2.45) is 11.8 Å². The number of aromatic nitrogens is 2. The fourth-order valence-electron chi connectivity index (χ4n) is 3.53. The summed E-state index contributed by atoms with van der Waals surface area (Å²) in [6.07, 6.45) is 6.34. The Labute approximate surface area is 154 Å². The molecule has 2 heterocycles. The lowest BCUT2D eigenvalue weighted by molar-refractivity contribution is -0.125. The Hall–Kier alpha value is -1.30. The molecule has 1 aliphatic heterocycles. The second-order valence-electron chi connectivity index (χ2n) is 8.38. The van der Waals surface area contributed by atoms with E-state index in [1.165, 1.54) is 43.9 Å². The molecule has 0 spiro atoms. The zero-order chi connectivity index (χ0) is 18.0. The first kappa shape index (κ1) is 18.5. The van der Waals surface area contributed by atoms with Gasteiger partial charge in [-0.15, -0.1) is 0 Å². The smallest absolute Gasteiger partial charge is 0.254 e. The van der Waals surface area contributed by atoms with Crippen molar-refractivity contribution in [2.75, 3.05) is 12.3 Å². The molecule has 0 aromatic carbocycles. The SMILES string of the molecule is CC(C)(C)c1cc(=O)n2c(n1)SCC(C(=O)NCC1CCCCC1)C2. The lowest BCUT2D eigenvalue weighted by atomic mass is 9.89. The van der Waals surface area contributed by atoms with Crippen molar-refractivity contribution in [3.05, 3.63) is 22.1 Å². The van der Waals surface area contributed by atoms with Gasteiger partial charge in [-0.05, 0) is 18.8 Å². The molecule has 1 atom stereocenters. The molecule has 5 nitrogen and oxygen atoms in total. The van der Waals surface area contributed by atoms with Crippen molar-refractivity contribution in [2.45, 2.75) is 70.0 Å². The van der Waals surface area contributed by atoms with Crippen LogP contribution >= 0.6 is 11.8 Å². The molecule has 0 bridgehead atoms. The summed E-state index contributed by atoms with van der Waals surface area (Å²) in [5.74, 6) is 1.24. The van der Waals surface area contributed by atoms with Gasteiger partial charge in [-0.3, -0.25) is 14.2 Å². The fraction of sp³-hybridized carbons (Fsp3) is 0.737. The van der Waals surface area contributed by atoms with E-state index in [9.17, 15) is 9.59 Å². The molecule has 3 rings (SSSR count). The number of hydrogen-bond donors (Lipinski definition) is 1. The Morgan fingerprint density at radius 2 is 2.04 bits per heavy atom. The number of carbonyl (C=O) groups is 1. The zero-order valence-electron chi connectivity index (χ0n) is 15.5. The van der Waals surface area contributed by atoms with Crippen molar-refractivity contribution >= 4 is 17.7 Å². The van der Waals surface area contributed by atoms with E-state index < -0.39 is 0 Å². The molecule has 1 aliphatic carbocycles. The van der Waals surface area contributed by atoms with E-state index in [1.54, 1.807) is 10.6 Å². The second kappa shape index (κ2) is 7.52. The Balaban J connectivity index is 1.64. The van der Waals surface area contributed by atoms with Gasteiger partial charge in [0.2, 0.25) is 5.91 Å². The topological polar surface area (TPSA) is 64.0 Å². The van der Waals surface area contributed by atoms with Crippen molar-refractivity contribution in [3.8, 4) is 0 Å². The predicted octanol–water partition coefficient (Wildman–Crippen LogP) is 2.96. The average Bonchev–Trinajstić information content (AvgIpc) is 2.59. The van der Waals surface area contributed by atoms with Gasteiger partial charge in [-0.25, -0.2) is 4.98 Å². The zero-order valence-corrected chi connectivity index (χ0v) is 16.3. The number of fused-ring (bicyclic) bond motifs is 1. The molecule has 1 saturated carbocycles. The lowest BCUT2D eigenvalue weighted by Crippen LogP contribution is -2.42. The van der Waals surface area contributed by atoms with Crippen molar-refractivity contribution < 1.29 is 4.79 Å². The summed E-state index contributed by atoms with van der Waals surface area (Å²) in [7, 11) is 0. The van der Waals surface area contributed by atoms with Crippen LogP contribution in [0.4, 0.5) is 0 Å². The third-order valence-corrected chi connectivity index (χ3v) is 6.36. The van der Waals surface area contributed by atoms with E-state index in [4.69, 9.17) is 0 Å². The van der Waals surface area contributed by atoms with Gasteiger partial charge in [-0.2, -0.15) is 0 Å². The van der Waals surface area contributed by atoms with Gasteiger partial charge in [0.25, 0.3) is 5.56 Å². The monoisotopic (exact) mass is 363 g/mol. The van der Waals surface area contributed by atoms with Crippen molar-refractivity contribution in [1.29, 1.82) is 0 Å². The molecule has 1 N–H and O–H groups in total. The summed E-state index contributed by atoms with van der Waals surface area (Å²) in [5, 5.41) is 3.86. The van der Waals surface area contributed by atoms with Gasteiger partial charge in [0.15, 0.2) is 5.16 Å². The summed E-state index contributed by atoms with van der Waals surface area (Å²) in [6, 6.07) is 1.62. The van der Waals surface area contributed by atoms with Crippen molar-refractivity contribution in [3.63, 3.8) is 0 Å². The molecule has 138 valence electrons. The molecule has 1 aromatic heterocycles. The van der Waals surface area contributed by atoms with E-state index in [2.05, 4.69) is 31.1 Å². The van der Waals surface area contributed by atoms with Gasteiger partial charge in [0.1, 0.15) is 0 Å². The molecule has 0 radical (unpaired) electrons. The van der Waals surface area contributed by atoms with Crippen LogP contribution in [0.15, 0.2) is 16.0 Å². The standard InChI is InChI=1S/C19H29N3O2S/c1-19(2,3)15-9-16(23)22-11-14(12-25-18(22)21-15)17(24)20-10-13-7-5-4-6-8-13/h9,13-14H,4-8,10-12H2,1-3H3,(H,20,24). The highest BCUT2D eigenvalue weighted by molar-refractivity contribution is 7.99. The molecular formula is C19H29N3O2S. The number of amides is 1. The first-order valence-corrected chi connectivity index (χ1v) is 10.4. The lowest BCUT2D eigenvalue weighted by Gasteiger charge is -2.27. The van der Waals surface area contributed by atoms with Gasteiger partial charge in [0, 0.05) is 30.3 Å². The van der Waals surface area contributed by atoms with Crippen LogP contribution < -0.4 is 10.9 Å². The maximum Gasteiger partial charge on any atom is 0.254 e. The van der Waals surface area contributed by atoms with Crippen LogP contribution in [0, 0.1) is 11.8 Å². The highest BCUT2D eigenvalue weighted by atomic mass is 32.2. The first-order chi connectivity index (χ1) is 11.8. The Bertz CT molecular complexity index is 687. The average molecular weight is 364 g/mol. The van der Waals surface area contributed by atoms with Crippen LogP contribution in [0.1, 0.15) is 58.6 Å². The Morgan fingerprint density at radius 1 is 1.32 bits per heavy atom. The molecule has 1 fully saturated rings. The molecule has 1 unspecified atom stereocenters. The summed E-state index contributed by atoms with van der Waals surface area (Å²) in [5.41, 5.74) is 0.618. The van der Waals surface area contributed by atoms with E-state index in [0.717, 1.165) is 17.4 Å². The largest absolute Gasteiger partial charge is 0.356 e. The number of hydrogen-bond acceptors (Lipinski definition) is 4. The first-order valence-electron chi connectivity index (χ1n) is 9.37. The van der Waals surface area contributed by atoms with E-state index in [-0.39, 0.29) is 22.8 Å². The fourth-order valence-corrected chi connectivity index (χ4v) is 4.62. The summed E-state index contributed by atoms with van der Waals surface area (Å²) in [6.45, 7) is 7.39. The summed E-state index contributed by atoms with van der Waals surface area (Å²) in [4.78, 5) is 29.7. The van der Waals surface area contributed by atoms with Crippen LogP contribution in [0.2, 0.25) is 0 Å². The van der Waals surface area contributed by atoms with Gasteiger partial charge in [0.05, 0.1) is 11.6 Å². The third-order valence-electron chi connectivity index (χ3n) is 5.22. The van der Waals surface area contributed by atoms with E-state index >= 15 is 0 Å². The summed E-state index contributed by atoms with van der Waals surface area (Å²) < 4.78 is 1.66. The van der Waals surface area contributed by atoms with E-state index in [0.29, 0.717) is 18.2 Å². The predicted molar refractivity (Wildman–Crippen MR) is 101 cm³/mol. The minimum Gasteiger partial charge on any atom is -0.356 e. The molecule has 1 aromatic rings. The third kappa shape index (κ3) is 4.46. The normalized spacial score (nSPS) is 21.6. The highest BCUT2D eigenvalue weighted by Crippen LogP contribution is 2.28. The number of rotatable bonds is 3. The molecular weight excluding hydrogens is 334 g/mol. The highest BCUT2D eigenvalue weighted by Gasteiger charge is 2.29. The van der Waals surface area contributed by atoms with Crippen LogP contribution in [-0.4, -0.2) is 27.8 Å². The number of carbonyl (C=O) groups excluding carboxylic acids is 1. The van der Waals surface area contributed by atoms with Crippen LogP contribution in [0.25, 0.3) is 0 Å². The van der Waals surface area contributed by atoms with Gasteiger partial charge >= 0.3 is 0 Å². The van der Waals surface area contributed by atoms with E-state index in [1.807, 2.05) is 0 Å². The minimum absolute atomic E-state index is 0.0489. The quantitative estimate of drug-likeness (QED) is 0.839. The molecule has 2 aliphatic rings. The maximum atomic E-state index is 12.5. The molecule has 25 heavy (non-hydrogen) atoms. The molecule has 1 amide bonds. The number of nitrogens with zero attached hydrogens (tertiary/aromatic N) is 2. The van der Waals surface area contributed by atoms with Gasteiger partial charge < -0.3 is 5.32 Å². The molecule has 0 saturated heterocycles. The number of thioether (sulfide) groups is 1. The van der Waals surface area contributed by atoms with Crippen LogP contribution in [0.3, 0.4) is 0 Å². The van der Waals surface area contributed by atoms with Crippen molar-refractivity contribution in [1.82, 2.24) is 14.9 Å². The summed E-state index contributed by atoms with van der Waals surface area (Å²) >= 11 is 1.52. The Kier molecular flexibility index (Phi) is 5.56. The Morgan fingerprint density at radius 3 is 2.72 bits per heavy atom. The van der Waals surface area contributed by atoms with Crippen LogP contribution in [0.5, 0.6) is 0 Å². The maximum absolute atomic E-state index is 12.5. The number of nitrogens with one attached hydrogen (secondary N) is 1. The van der Waals surface area contributed by atoms with Crippen LogP contribution in [-0.2, 0) is 16.8 Å².